The summed E-state index contributed by atoms with van der Waals surface area (Å²) in [7, 11) is 1.59. The van der Waals surface area contributed by atoms with Crippen molar-refractivity contribution in [1.82, 2.24) is 0 Å². The first-order chi connectivity index (χ1) is 6.02. The molecule has 1 aromatic rings. The summed E-state index contributed by atoms with van der Waals surface area (Å²) in [6.45, 7) is 1.65. The number of benzene rings is 1. The molecule has 13 heavy (non-hydrogen) atoms. The molecule has 0 saturated carbocycles. The lowest BCUT2D eigenvalue weighted by atomic mass is 10.2. The Hall–Kier alpha value is -1.03. The van der Waals surface area contributed by atoms with Crippen molar-refractivity contribution < 1.29 is 9.18 Å². The molecule has 0 unspecified atom stereocenters. The predicted octanol–water partition coefficient (Wildman–Crippen LogP) is 2.62. The SMILES string of the molecule is Cc1cc(N(C)C(=O)S)ccc1F. The molecule has 0 fully saturated rings. The van der Waals surface area contributed by atoms with E-state index < -0.39 is 0 Å². The second-order valence-corrected chi connectivity index (χ2v) is 3.16. The standard InChI is InChI=1S/C9H10FNOS/c1-6-5-7(3-4-8(6)10)11(2)9(12)13/h3-5H,1-2H3,(H,12,13). The van der Waals surface area contributed by atoms with Crippen molar-refractivity contribution in [2.45, 2.75) is 6.92 Å². The fraction of sp³-hybridized carbons (Fsp3) is 0.222. The summed E-state index contributed by atoms with van der Waals surface area (Å²) in [4.78, 5) is 12.2. The highest BCUT2D eigenvalue weighted by atomic mass is 32.1. The maximum atomic E-state index is 12.8. The number of amides is 1. The highest BCUT2D eigenvalue weighted by Gasteiger charge is 2.07. The third kappa shape index (κ3) is 2.21. The Kier molecular flexibility index (Phi) is 2.93. The molecule has 1 aromatic carbocycles. The molecule has 0 aliphatic heterocycles. The van der Waals surface area contributed by atoms with E-state index >= 15 is 0 Å². The minimum Gasteiger partial charge on any atom is -0.307 e. The van der Waals surface area contributed by atoms with Gasteiger partial charge in [-0.15, -0.1) is 0 Å². The van der Waals surface area contributed by atoms with Crippen molar-refractivity contribution in [3.8, 4) is 0 Å². The van der Waals surface area contributed by atoms with Crippen LogP contribution in [-0.2, 0) is 0 Å². The topological polar surface area (TPSA) is 20.3 Å². The molecule has 2 nitrogen and oxygen atoms in total. The minimum absolute atomic E-state index is 0.274. The van der Waals surface area contributed by atoms with Crippen LogP contribution in [0.5, 0.6) is 0 Å². The van der Waals surface area contributed by atoms with Gasteiger partial charge in [0.1, 0.15) is 5.82 Å². The molecule has 0 bridgehead atoms. The van der Waals surface area contributed by atoms with Crippen LogP contribution in [0.4, 0.5) is 14.9 Å². The first-order valence-electron chi connectivity index (χ1n) is 3.75. The summed E-state index contributed by atoms with van der Waals surface area (Å²) in [5.41, 5.74) is 1.15. The number of carbonyl (C=O) groups is 1. The van der Waals surface area contributed by atoms with Crippen LogP contribution in [0.1, 0.15) is 5.56 Å². The summed E-state index contributed by atoms with van der Waals surface area (Å²) in [5, 5.41) is -0.369. The Morgan fingerprint density at radius 2 is 2.15 bits per heavy atom. The zero-order valence-corrected chi connectivity index (χ0v) is 8.31. The molecule has 1 rings (SSSR count). The molecule has 4 heteroatoms. The predicted molar refractivity (Wildman–Crippen MR) is 53.9 cm³/mol. The van der Waals surface area contributed by atoms with Crippen LogP contribution in [0.25, 0.3) is 0 Å². The molecule has 0 aromatic heterocycles. The molecule has 0 saturated heterocycles. The Morgan fingerprint density at radius 3 is 2.62 bits per heavy atom. The fourth-order valence-corrected chi connectivity index (χ4v) is 1.06. The van der Waals surface area contributed by atoms with Crippen LogP contribution in [0, 0.1) is 12.7 Å². The summed E-state index contributed by atoms with van der Waals surface area (Å²) in [5.74, 6) is -0.274. The van der Waals surface area contributed by atoms with E-state index in [0.717, 1.165) is 0 Å². The molecule has 0 heterocycles. The van der Waals surface area contributed by atoms with Crippen molar-refractivity contribution in [1.29, 1.82) is 0 Å². The molecule has 0 radical (unpaired) electrons. The lowest BCUT2D eigenvalue weighted by molar-refractivity contribution is 0.266. The minimum atomic E-state index is -0.369. The molecule has 0 aliphatic carbocycles. The monoisotopic (exact) mass is 199 g/mol. The quantitative estimate of drug-likeness (QED) is 0.689. The Morgan fingerprint density at radius 1 is 1.54 bits per heavy atom. The molecule has 1 amide bonds. The zero-order chi connectivity index (χ0) is 10.0. The smallest absolute Gasteiger partial charge is 0.282 e. The average molecular weight is 199 g/mol. The number of carbonyl (C=O) groups excluding carboxylic acids is 1. The average Bonchev–Trinajstić information content (AvgIpc) is 2.08. The molecular weight excluding hydrogens is 189 g/mol. The van der Waals surface area contributed by atoms with E-state index in [1.54, 1.807) is 20.0 Å². The van der Waals surface area contributed by atoms with Gasteiger partial charge < -0.3 is 4.90 Å². The van der Waals surface area contributed by atoms with Gasteiger partial charge in [0.05, 0.1) is 0 Å². The second-order valence-electron chi connectivity index (χ2n) is 2.78. The van der Waals surface area contributed by atoms with E-state index in [2.05, 4.69) is 12.6 Å². The maximum Gasteiger partial charge on any atom is 0.282 e. The highest BCUT2D eigenvalue weighted by Crippen LogP contribution is 2.17. The summed E-state index contributed by atoms with van der Waals surface area (Å²) < 4.78 is 12.8. The Balaban J connectivity index is 3.03. The van der Waals surface area contributed by atoms with Crippen LogP contribution in [-0.4, -0.2) is 12.3 Å². The van der Waals surface area contributed by atoms with E-state index in [0.29, 0.717) is 11.3 Å². The number of hydrogen-bond donors (Lipinski definition) is 1. The van der Waals surface area contributed by atoms with E-state index in [1.807, 2.05) is 0 Å². The molecule has 0 N–H and O–H groups in total. The number of thiol groups is 1. The van der Waals surface area contributed by atoms with Crippen molar-refractivity contribution in [2.24, 2.45) is 0 Å². The number of halogens is 1. The van der Waals surface area contributed by atoms with Gasteiger partial charge in [-0.25, -0.2) is 4.39 Å². The zero-order valence-electron chi connectivity index (χ0n) is 7.41. The third-order valence-electron chi connectivity index (χ3n) is 1.82. The van der Waals surface area contributed by atoms with Gasteiger partial charge in [0.25, 0.3) is 5.24 Å². The molecule has 0 atom stereocenters. The van der Waals surface area contributed by atoms with Gasteiger partial charge in [0.15, 0.2) is 0 Å². The second kappa shape index (κ2) is 3.79. The van der Waals surface area contributed by atoms with E-state index in [1.165, 1.54) is 17.0 Å². The van der Waals surface area contributed by atoms with Crippen LogP contribution >= 0.6 is 12.6 Å². The first-order valence-corrected chi connectivity index (χ1v) is 4.20. The van der Waals surface area contributed by atoms with Gasteiger partial charge in [0, 0.05) is 12.7 Å². The maximum absolute atomic E-state index is 12.8. The highest BCUT2D eigenvalue weighted by molar-refractivity contribution is 7.96. The van der Waals surface area contributed by atoms with E-state index in [4.69, 9.17) is 0 Å². The van der Waals surface area contributed by atoms with Crippen molar-refractivity contribution in [3.05, 3.63) is 29.6 Å². The van der Waals surface area contributed by atoms with Crippen molar-refractivity contribution >= 4 is 23.6 Å². The fourth-order valence-electron chi connectivity index (χ4n) is 0.948. The molecule has 0 aliphatic rings. The largest absolute Gasteiger partial charge is 0.307 e. The lowest BCUT2D eigenvalue weighted by Crippen LogP contribution is -2.19. The van der Waals surface area contributed by atoms with Crippen LogP contribution in [0.15, 0.2) is 18.2 Å². The van der Waals surface area contributed by atoms with Crippen molar-refractivity contribution in [3.63, 3.8) is 0 Å². The molecule has 70 valence electrons. The van der Waals surface area contributed by atoms with Gasteiger partial charge >= 0.3 is 0 Å². The van der Waals surface area contributed by atoms with Gasteiger partial charge in [-0.2, -0.15) is 0 Å². The number of hydrogen-bond acceptors (Lipinski definition) is 1. The van der Waals surface area contributed by atoms with E-state index in [9.17, 15) is 9.18 Å². The molecule has 0 spiro atoms. The Labute approximate surface area is 81.8 Å². The summed E-state index contributed by atoms with van der Waals surface area (Å²) in [6.07, 6.45) is 0. The van der Waals surface area contributed by atoms with Crippen LogP contribution in [0.3, 0.4) is 0 Å². The lowest BCUT2D eigenvalue weighted by Gasteiger charge is -2.14. The number of anilines is 1. The van der Waals surface area contributed by atoms with Gasteiger partial charge in [-0.1, -0.05) is 12.6 Å². The summed E-state index contributed by atoms with van der Waals surface area (Å²) >= 11 is 3.66. The van der Waals surface area contributed by atoms with Crippen LogP contribution in [0.2, 0.25) is 0 Å². The van der Waals surface area contributed by atoms with Gasteiger partial charge in [0.2, 0.25) is 0 Å². The summed E-state index contributed by atoms with van der Waals surface area (Å²) in [6, 6.07) is 4.47. The third-order valence-corrected chi connectivity index (χ3v) is 2.12. The number of rotatable bonds is 1. The normalized spacial score (nSPS) is 9.85. The van der Waals surface area contributed by atoms with Gasteiger partial charge in [-0.3, -0.25) is 4.79 Å². The molecular formula is C9H10FNOS. The first kappa shape index (κ1) is 10.1. The number of aryl methyl sites for hydroxylation is 1. The van der Waals surface area contributed by atoms with E-state index in [-0.39, 0.29) is 11.1 Å². The van der Waals surface area contributed by atoms with Gasteiger partial charge in [-0.05, 0) is 30.7 Å². The number of nitrogens with zero attached hydrogens (tertiary/aromatic N) is 1. The Bertz CT molecular complexity index is 340. The van der Waals surface area contributed by atoms with Crippen LogP contribution < -0.4 is 4.90 Å². The van der Waals surface area contributed by atoms with Crippen molar-refractivity contribution in [2.75, 3.05) is 11.9 Å².